The zero-order valence-corrected chi connectivity index (χ0v) is 23.6. The van der Waals surface area contributed by atoms with Gasteiger partial charge in [0.15, 0.2) is 0 Å². The lowest BCUT2D eigenvalue weighted by atomic mass is 9.94. The van der Waals surface area contributed by atoms with Crippen LogP contribution in [0, 0.1) is 11.8 Å². The Kier molecular flexibility index (Phi) is 9.15. The molecule has 5 rings (SSSR count). The maximum absolute atomic E-state index is 11.9. The summed E-state index contributed by atoms with van der Waals surface area (Å²) in [4.78, 5) is 7.55. The third kappa shape index (κ3) is 6.79. The lowest BCUT2D eigenvalue weighted by Crippen LogP contribution is -2.43. The average molecular weight is 543 g/mol. The van der Waals surface area contributed by atoms with Crippen LogP contribution in [0.1, 0.15) is 55.9 Å². The molecule has 4 aromatic rings. The Morgan fingerprint density at radius 1 is 1.03 bits per heavy atom. The molecular weight excluding hydrogens is 504 g/mol. The topological polar surface area (TPSA) is 53.3 Å². The van der Waals surface area contributed by atoms with Crippen molar-refractivity contribution in [3.63, 3.8) is 0 Å². The number of halogens is 1. The Bertz CT molecular complexity index is 1320. The molecule has 2 unspecified atom stereocenters. The highest BCUT2D eigenvalue weighted by atomic mass is 35.5. The fourth-order valence-electron chi connectivity index (χ4n) is 5.75. The van der Waals surface area contributed by atoms with Gasteiger partial charge in [-0.05, 0) is 61.0 Å². The Morgan fingerprint density at radius 2 is 1.77 bits per heavy atom. The van der Waals surface area contributed by atoms with Gasteiger partial charge in [-0.3, -0.25) is 4.90 Å². The van der Waals surface area contributed by atoms with Crippen molar-refractivity contribution in [1.82, 2.24) is 19.8 Å². The maximum atomic E-state index is 11.9. The summed E-state index contributed by atoms with van der Waals surface area (Å²) in [5, 5.41) is 16.1. The summed E-state index contributed by atoms with van der Waals surface area (Å²) in [6.45, 7) is 7.99. The number of rotatable bonds is 10. The van der Waals surface area contributed by atoms with Crippen LogP contribution in [0.2, 0.25) is 5.02 Å². The molecule has 2 N–H and O–H groups in total. The van der Waals surface area contributed by atoms with Crippen molar-refractivity contribution in [2.24, 2.45) is 11.8 Å². The number of nitrogens with zero attached hydrogens (tertiary/aromatic N) is 3. The largest absolute Gasteiger partial charge is 0.374 e. The van der Waals surface area contributed by atoms with Gasteiger partial charge in [0.25, 0.3) is 0 Å². The lowest BCUT2D eigenvalue weighted by Gasteiger charge is -2.40. The minimum atomic E-state index is -0.739. The van der Waals surface area contributed by atoms with Crippen LogP contribution in [0.15, 0.2) is 91.1 Å². The standard InChI is InChI=1S/C33H39ClN4O/c1-24(2)31(38(22-26-13-10-18-35-20-26)33(39)27-14-7-4-8-15-27)32-36-30(28-16-9-17-29(34)19-28)23-37(32)21-25-11-5-3-6-12-25/h3-9,11-12,14-17,19,23-24,26,31,33,35,39H,10,13,18,20-22H2,1-2H3/t26?,31-,33?/m1/s1. The molecule has 0 amide bonds. The summed E-state index contributed by atoms with van der Waals surface area (Å²) in [6.07, 6.45) is 3.71. The van der Waals surface area contributed by atoms with Gasteiger partial charge >= 0.3 is 0 Å². The van der Waals surface area contributed by atoms with Gasteiger partial charge < -0.3 is 15.0 Å². The van der Waals surface area contributed by atoms with E-state index in [0.717, 1.165) is 55.1 Å². The zero-order valence-electron chi connectivity index (χ0n) is 22.9. The first-order chi connectivity index (χ1) is 19.0. The molecule has 0 aliphatic carbocycles. The van der Waals surface area contributed by atoms with Gasteiger partial charge in [0, 0.05) is 29.9 Å². The molecule has 3 atom stereocenters. The van der Waals surface area contributed by atoms with Crippen LogP contribution in [-0.2, 0) is 6.54 Å². The quantitative estimate of drug-likeness (QED) is 0.213. The van der Waals surface area contributed by atoms with Crippen LogP contribution < -0.4 is 5.32 Å². The van der Waals surface area contributed by atoms with Gasteiger partial charge in [-0.15, -0.1) is 0 Å². The Hall–Kier alpha value is -2.96. The molecule has 0 spiro atoms. The predicted octanol–water partition coefficient (Wildman–Crippen LogP) is 6.94. The molecule has 1 fully saturated rings. The zero-order chi connectivity index (χ0) is 27.2. The maximum Gasteiger partial charge on any atom is 0.134 e. The van der Waals surface area contributed by atoms with Gasteiger partial charge in [-0.25, -0.2) is 4.98 Å². The summed E-state index contributed by atoms with van der Waals surface area (Å²) in [5.41, 5.74) is 4.00. The second kappa shape index (κ2) is 12.9. The van der Waals surface area contributed by atoms with Crippen molar-refractivity contribution in [3.8, 4) is 11.3 Å². The minimum Gasteiger partial charge on any atom is -0.374 e. The van der Waals surface area contributed by atoms with E-state index in [-0.39, 0.29) is 12.0 Å². The second-order valence-electron chi connectivity index (χ2n) is 11.0. The van der Waals surface area contributed by atoms with E-state index in [9.17, 15) is 5.11 Å². The highest BCUT2D eigenvalue weighted by Crippen LogP contribution is 2.37. The molecule has 0 radical (unpaired) electrons. The number of piperidine rings is 1. The predicted molar refractivity (Wildman–Crippen MR) is 159 cm³/mol. The smallest absolute Gasteiger partial charge is 0.134 e. The summed E-state index contributed by atoms with van der Waals surface area (Å²) < 4.78 is 2.26. The number of aromatic nitrogens is 2. The molecule has 1 aliphatic heterocycles. The van der Waals surface area contributed by atoms with E-state index in [1.54, 1.807) is 0 Å². The average Bonchev–Trinajstić information content (AvgIpc) is 3.36. The molecule has 6 heteroatoms. The highest BCUT2D eigenvalue weighted by molar-refractivity contribution is 6.30. The second-order valence-corrected chi connectivity index (χ2v) is 11.4. The molecule has 39 heavy (non-hydrogen) atoms. The van der Waals surface area contributed by atoms with E-state index in [2.05, 4.69) is 65.2 Å². The van der Waals surface area contributed by atoms with E-state index in [1.165, 1.54) is 5.56 Å². The van der Waals surface area contributed by atoms with Crippen LogP contribution in [0.3, 0.4) is 0 Å². The van der Waals surface area contributed by atoms with Gasteiger partial charge in [0.1, 0.15) is 12.1 Å². The molecule has 1 aliphatic rings. The van der Waals surface area contributed by atoms with E-state index >= 15 is 0 Å². The van der Waals surface area contributed by atoms with Gasteiger partial charge in [-0.1, -0.05) is 98.2 Å². The number of aliphatic hydroxyl groups is 1. The molecule has 1 saturated heterocycles. The van der Waals surface area contributed by atoms with Crippen LogP contribution in [0.25, 0.3) is 11.3 Å². The van der Waals surface area contributed by atoms with E-state index in [0.29, 0.717) is 17.5 Å². The molecular formula is C33H39ClN4O. The molecule has 0 bridgehead atoms. The van der Waals surface area contributed by atoms with Crippen molar-refractivity contribution < 1.29 is 5.11 Å². The molecule has 204 valence electrons. The third-order valence-electron chi connectivity index (χ3n) is 7.66. The van der Waals surface area contributed by atoms with E-state index in [1.807, 2.05) is 54.6 Å². The monoisotopic (exact) mass is 542 g/mol. The van der Waals surface area contributed by atoms with Gasteiger partial charge in [0.2, 0.25) is 0 Å². The summed E-state index contributed by atoms with van der Waals surface area (Å²) in [7, 11) is 0. The number of imidazole rings is 1. The van der Waals surface area contributed by atoms with Crippen molar-refractivity contribution in [1.29, 1.82) is 0 Å². The molecule has 3 aromatic carbocycles. The van der Waals surface area contributed by atoms with Crippen molar-refractivity contribution >= 4 is 11.6 Å². The number of hydrogen-bond donors (Lipinski definition) is 2. The summed E-state index contributed by atoms with van der Waals surface area (Å²) >= 11 is 6.37. The van der Waals surface area contributed by atoms with E-state index < -0.39 is 6.23 Å². The molecule has 5 nitrogen and oxygen atoms in total. The van der Waals surface area contributed by atoms with Crippen LogP contribution in [-0.4, -0.2) is 39.2 Å². The van der Waals surface area contributed by atoms with Gasteiger partial charge in [0.05, 0.1) is 11.7 Å². The first kappa shape index (κ1) is 27.6. The van der Waals surface area contributed by atoms with E-state index in [4.69, 9.17) is 16.6 Å². The van der Waals surface area contributed by atoms with Crippen LogP contribution >= 0.6 is 11.6 Å². The first-order valence-corrected chi connectivity index (χ1v) is 14.4. The van der Waals surface area contributed by atoms with Gasteiger partial charge in [-0.2, -0.15) is 0 Å². The Labute approximate surface area is 237 Å². The normalized spacial score (nSPS) is 17.4. The first-order valence-electron chi connectivity index (χ1n) is 14.1. The fourth-order valence-corrected chi connectivity index (χ4v) is 5.94. The molecule has 2 heterocycles. The highest BCUT2D eigenvalue weighted by Gasteiger charge is 2.35. The Morgan fingerprint density at radius 3 is 2.44 bits per heavy atom. The summed E-state index contributed by atoms with van der Waals surface area (Å²) in [5.74, 6) is 1.63. The Balaban J connectivity index is 1.60. The number of hydrogen-bond acceptors (Lipinski definition) is 4. The molecule has 1 aromatic heterocycles. The van der Waals surface area contributed by atoms with Crippen molar-refractivity contribution in [2.75, 3.05) is 19.6 Å². The minimum absolute atomic E-state index is 0.0984. The number of nitrogens with one attached hydrogen (secondary N) is 1. The third-order valence-corrected chi connectivity index (χ3v) is 7.89. The van der Waals surface area contributed by atoms with Crippen molar-refractivity contribution in [2.45, 2.75) is 45.5 Å². The summed E-state index contributed by atoms with van der Waals surface area (Å²) in [6, 6.07) is 28.3. The molecule has 0 saturated carbocycles. The number of aliphatic hydroxyl groups excluding tert-OH is 1. The lowest BCUT2D eigenvalue weighted by molar-refractivity contribution is -0.0554. The fraction of sp³-hybridized carbons (Fsp3) is 0.364. The SMILES string of the molecule is CC(C)[C@H](c1nc(-c2cccc(Cl)c2)cn1Cc1ccccc1)N(CC1CCCNC1)C(O)c1ccccc1. The number of benzene rings is 3. The van der Waals surface area contributed by atoms with Crippen LogP contribution in [0.4, 0.5) is 0 Å². The van der Waals surface area contributed by atoms with Crippen LogP contribution in [0.5, 0.6) is 0 Å². The van der Waals surface area contributed by atoms with Crippen molar-refractivity contribution in [3.05, 3.63) is 113 Å².